The quantitative estimate of drug-likeness (QED) is 0.0787. The fourth-order valence-corrected chi connectivity index (χ4v) is 5.98. The van der Waals surface area contributed by atoms with Crippen LogP contribution in [0.4, 0.5) is 33.6 Å². The van der Waals surface area contributed by atoms with Crippen molar-refractivity contribution in [2.75, 3.05) is 15.4 Å². The Morgan fingerprint density at radius 2 is 1.43 bits per heavy atom. The molecule has 222 valence electrons. The first-order valence-corrected chi connectivity index (χ1v) is 14.8. The van der Waals surface area contributed by atoms with Crippen LogP contribution in [0.3, 0.4) is 0 Å². The number of rotatable bonds is 10. The highest BCUT2D eigenvalue weighted by atomic mass is 32.2. The number of amides is 1. The number of hydrogen-bond donors (Lipinski definition) is 4. The van der Waals surface area contributed by atoms with Crippen molar-refractivity contribution in [1.82, 2.24) is 4.98 Å². The van der Waals surface area contributed by atoms with E-state index in [1.165, 1.54) is 48.5 Å². The molecule has 0 aliphatic rings. The first-order chi connectivity index (χ1) is 21.0. The Balaban J connectivity index is 1.34. The molecule has 0 atom stereocenters. The number of sulfonamides is 1. The minimum Gasteiger partial charge on any atom is -0.508 e. The molecule has 0 saturated carbocycles. The number of nitrogens with zero attached hydrogens (tertiary/aromatic N) is 3. The van der Waals surface area contributed by atoms with Gasteiger partial charge in [0.05, 0.1) is 26.0 Å². The van der Waals surface area contributed by atoms with Crippen molar-refractivity contribution in [3.05, 3.63) is 122 Å². The fraction of sp³-hybridized carbons (Fsp3) is 0. The predicted octanol–water partition coefficient (Wildman–Crippen LogP) is 6.13. The maximum atomic E-state index is 13.0. The number of phenolic OH excluding ortho intramolecular Hbond substituents is 1. The van der Waals surface area contributed by atoms with Gasteiger partial charge in [-0.2, -0.15) is 0 Å². The molecule has 0 bridgehead atoms. The van der Waals surface area contributed by atoms with Crippen molar-refractivity contribution in [2.45, 2.75) is 4.90 Å². The molecular weight excluding hydrogens is 612 g/mol. The number of phenols is 1. The zero-order valence-electron chi connectivity index (χ0n) is 22.2. The number of benzene rings is 4. The molecule has 5 aromatic rings. The van der Waals surface area contributed by atoms with Gasteiger partial charge in [-0.3, -0.25) is 29.7 Å². The standard InChI is InChI=1S/C28H20N6O8S2/c35-21-10-6-19(7-11-21)29-26-24(33(37)38)14-18(15-25(26)34(39)40)27(36)30-20-8-12-22(13-9-20)44(41,42)32-28-31-23(16-43-28)17-4-2-1-3-5-17/h1-16,29,35H,(H,30,36)(H,31,32). The van der Waals surface area contributed by atoms with Crippen LogP contribution in [0.1, 0.15) is 10.4 Å². The number of carbonyl (C=O) groups is 1. The van der Waals surface area contributed by atoms with E-state index in [2.05, 4.69) is 20.3 Å². The van der Waals surface area contributed by atoms with E-state index in [1.807, 2.05) is 30.3 Å². The van der Waals surface area contributed by atoms with Gasteiger partial charge in [0.25, 0.3) is 15.9 Å². The number of anilines is 4. The molecule has 14 nitrogen and oxygen atoms in total. The lowest BCUT2D eigenvalue weighted by Gasteiger charge is -2.11. The molecular formula is C28H20N6O8S2. The predicted molar refractivity (Wildman–Crippen MR) is 164 cm³/mol. The minimum absolute atomic E-state index is 0.0783. The second-order valence-electron chi connectivity index (χ2n) is 9.06. The lowest BCUT2D eigenvalue weighted by atomic mass is 10.1. The van der Waals surface area contributed by atoms with Crippen LogP contribution >= 0.6 is 11.3 Å². The van der Waals surface area contributed by atoms with Crippen LogP contribution in [0.25, 0.3) is 11.3 Å². The SMILES string of the molecule is O=C(Nc1ccc(S(=O)(=O)Nc2nc(-c3ccccc3)cs2)cc1)c1cc([N+](=O)[O-])c(Nc2ccc(O)cc2)c([N+](=O)[O-])c1. The number of carbonyl (C=O) groups excluding carboxylic acids is 1. The number of aromatic hydroxyl groups is 1. The molecule has 4 aromatic carbocycles. The van der Waals surface area contributed by atoms with E-state index in [9.17, 15) is 38.5 Å². The average molecular weight is 633 g/mol. The minimum atomic E-state index is -4.03. The highest BCUT2D eigenvalue weighted by molar-refractivity contribution is 7.93. The van der Waals surface area contributed by atoms with E-state index in [1.54, 1.807) is 5.38 Å². The Labute approximate surface area is 253 Å². The molecule has 16 heteroatoms. The maximum absolute atomic E-state index is 13.0. The van der Waals surface area contributed by atoms with E-state index in [4.69, 9.17) is 0 Å². The number of nitrogens with one attached hydrogen (secondary N) is 3. The average Bonchev–Trinajstić information content (AvgIpc) is 3.46. The number of nitro benzene ring substituents is 2. The summed E-state index contributed by atoms with van der Waals surface area (Å²) in [4.78, 5) is 39.1. The summed E-state index contributed by atoms with van der Waals surface area (Å²) in [6.45, 7) is 0. The third kappa shape index (κ3) is 6.61. The summed E-state index contributed by atoms with van der Waals surface area (Å²) in [6, 6.07) is 21.4. The van der Waals surface area contributed by atoms with Gasteiger partial charge in [0, 0.05) is 34.5 Å². The molecule has 0 aliphatic carbocycles. The third-order valence-corrected chi connectivity index (χ3v) is 8.35. The monoisotopic (exact) mass is 632 g/mol. The van der Waals surface area contributed by atoms with Crippen molar-refractivity contribution in [3.63, 3.8) is 0 Å². The van der Waals surface area contributed by atoms with Gasteiger partial charge in [0.15, 0.2) is 10.8 Å². The summed E-state index contributed by atoms with van der Waals surface area (Å²) in [6.07, 6.45) is 0. The van der Waals surface area contributed by atoms with Gasteiger partial charge >= 0.3 is 11.4 Å². The van der Waals surface area contributed by atoms with Crippen molar-refractivity contribution >= 4 is 60.8 Å². The lowest BCUT2D eigenvalue weighted by molar-refractivity contribution is -0.392. The summed E-state index contributed by atoms with van der Waals surface area (Å²) >= 11 is 1.11. The lowest BCUT2D eigenvalue weighted by Crippen LogP contribution is -2.15. The van der Waals surface area contributed by atoms with E-state index in [0.29, 0.717) is 5.69 Å². The summed E-state index contributed by atoms with van der Waals surface area (Å²) < 4.78 is 28.2. The van der Waals surface area contributed by atoms with Crippen LogP contribution in [-0.2, 0) is 10.0 Å². The topological polar surface area (TPSA) is 207 Å². The molecule has 1 heterocycles. The van der Waals surface area contributed by atoms with Crippen LogP contribution in [0.2, 0.25) is 0 Å². The molecule has 0 unspecified atom stereocenters. The van der Waals surface area contributed by atoms with E-state index in [-0.39, 0.29) is 32.7 Å². The molecule has 5 rings (SSSR count). The number of aromatic nitrogens is 1. The van der Waals surface area contributed by atoms with Gasteiger partial charge in [-0.1, -0.05) is 30.3 Å². The first kappa shape index (κ1) is 29.6. The van der Waals surface area contributed by atoms with Gasteiger partial charge in [0.2, 0.25) is 0 Å². The van der Waals surface area contributed by atoms with Crippen molar-refractivity contribution in [1.29, 1.82) is 0 Å². The van der Waals surface area contributed by atoms with Crippen LogP contribution in [-0.4, -0.2) is 34.3 Å². The molecule has 44 heavy (non-hydrogen) atoms. The highest BCUT2D eigenvalue weighted by Gasteiger charge is 2.29. The van der Waals surface area contributed by atoms with Crippen LogP contribution in [0.5, 0.6) is 5.75 Å². The normalized spacial score (nSPS) is 11.0. The summed E-state index contributed by atoms with van der Waals surface area (Å²) in [7, 11) is -4.03. The van der Waals surface area contributed by atoms with Crippen molar-refractivity contribution in [3.8, 4) is 17.0 Å². The fourth-order valence-electron chi connectivity index (χ4n) is 4.00. The number of hydrogen-bond acceptors (Lipinski definition) is 11. The van der Waals surface area contributed by atoms with Gasteiger partial charge < -0.3 is 15.7 Å². The Hall–Kier alpha value is -5.87. The van der Waals surface area contributed by atoms with E-state index < -0.39 is 42.8 Å². The van der Waals surface area contributed by atoms with Gasteiger partial charge in [-0.25, -0.2) is 13.4 Å². The Morgan fingerprint density at radius 1 is 0.841 bits per heavy atom. The van der Waals surface area contributed by atoms with Crippen molar-refractivity contribution < 1.29 is 28.2 Å². The molecule has 0 radical (unpaired) electrons. The Bertz CT molecular complexity index is 1950. The first-order valence-electron chi connectivity index (χ1n) is 12.5. The summed E-state index contributed by atoms with van der Waals surface area (Å²) in [5.74, 6) is -0.984. The summed E-state index contributed by atoms with van der Waals surface area (Å²) in [5.41, 5.74) is -0.515. The maximum Gasteiger partial charge on any atom is 0.300 e. The molecule has 0 saturated heterocycles. The zero-order chi connectivity index (χ0) is 31.4. The molecule has 1 amide bonds. The zero-order valence-corrected chi connectivity index (χ0v) is 23.8. The smallest absolute Gasteiger partial charge is 0.300 e. The van der Waals surface area contributed by atoms with Crippen LogP contribution in [0, 0.1) is 20.2 Å². The highest BCUT2D eigenvalue weighted by Crippen LogP contribution is 2.38. The van der Waals surface area contributed by atoms with Gasteiger partial charge in [0.1, 0.15) is 5.75 Å². The van der Waals surface area contributed by atoms with Gasteiger partial charge in [-0.05, 0) is 48.5 Å². The second kappa shape index (κ2) is 12.2. The van der Waals surface area contributed by atoms with Crippen LogP contribution in [0.15, 0.2) is 101 Å². The van der Waals surface area contributed by atoms with E-state index in [0.717, 1.165) is 29.0 Å². The third-order valence-electron chi connectivity index (χ3n) is 6.11. The molecule has 1 aromatic heterocycles. The number of nitro groups is 2. The van der Waals surface area contributed by atoms with Crippen LogP contribution < -0.4 is 15.4 Å². The molecule has 0 aliphatic heterocycles. The molecule has 0 fully saturated rings. The molecule has 4 N–H and O–H groups in total. The van der Waals surface area contributed by atoms with Crippen molar-refractivity contribution in [2.24, 2.45) is 0 Å². The Kier molecular flexibility index (Phi) is 8.19. The van der Waals surface area contributed by atoms with Gasteiger partial charge in [-0.15, -0.1) is 11.3 Å². The number of thiazole rings is 1. The Morgan fingerprint density at radius 3 is 2.02 bits per heavy atom. The molecule has 0 spiro atoms. The second-order valence-corrected chi connectivity index (χ2v) is 11.6. The largest absolute Gasteiger partial charge is 0.508 e. The van der Waals surface area contributed by atoms with E-state index >= 15 is 0 Å². The summed E-state index contributed by atoms with van der Waals surface area (Å²) in [5, 5.41) is 40.0.